The average Bonchev–Trinajstić information content (AvgIpc) is 2.73. The lowest BCUT2D eigenvalue weighted by Crippen LogP contribution is -2.38. The van der Waals surface area contributed by atoms with E-state index >= 15 is 0 Å². The number of nitrogens with zero attached hydrogens (tertiary/aromatic N) is 2. The van der Waals surface area contributed by atoms with Crippen molar-refractivity contribution in [2.24, 2.45) is 0 Å². The van der Waals surface area contributed by atoms with Gasteiger partial charge in [-0.3, -0.25) is 0 Å². The van der Waals surface area contributed by atoms with Gasteiger partial charge in [0.1, 0.15) is 0 Å². The second-order valence-corrected chi connectivity index (χ2v) is 6.43. The number of hydrogen-bond donors (Lipinski definition) is 1. The Morgan fingerprint density at radius 2 is 1.95 bits per heavy atom. The molecule has 0 spiro atoms. The minimum Gasteiger partial charge on any atom is -0.387 e. The van der Waals surface area contributed by atoms with Gasteiger partial charge in [-0.1, -0.05) is 29.3 Å². The zero-order valence-electron chi connectivity index (χ0n) is 13.3. The Balaban J connectivity index is 1.91. The summed E-state index contributed by atoms with van der Waals surface area (Å²) in [4.78, 5) is 4.69. The van der Waals surface area contributed by atoms with Crippen molar-refractivity contribution >= 4 is 0 Å². The minimum atomic E-state index is -0.398. The molecule has 0 saturated carbocycles. The van der Waals surface area contributed by atoms with Gasteiger partial charge in [-0.15, -0.1) is 0 Å². The summed E-state index contributed by atoms with van der Waals surface area (Å²) < 4.78 is 0. The van der Waals surface area contributed by atoms with Crippen LogP contribution in [0.5, 0.6) is 0 Å². The number of hydrogen-bond acceptors (Lipinski definition) is 3. The highest BCUT2D eigenvalue weighted by Gasteiger charge is 2.23. The Hall–Kier alpha value is -0.900. The van der Waals surface area contributed by atoms with Crippen molar-refractivity contribution in [1.82, 2.24) is 9.80 Å². The van der Waals surface area contributed by atoms with Crippen molar-refractivity contribution in [3.8, 4) is 0 Å². The molecule has 1 aromatic carbocycles. The molecule has 0 aromatic heterocycles. The topological polar surface area (TPSA) is 26.7 Å². The van der Waals surface area contributed by atoms with E-state index in [0.717, 1.165) is 12.1 Å². The smallest absolute Gasteiger partial charge is 0.0917 e. The van der Waals surface area contributed by atoms with Crippen LogP contribution < -0.4 is 0 Å². The third-order valence-corrected chi connectivity index (χ3v) is 4.31. The number of likely N-dealkylation sites (tertiary alicyclic amines) is 1. The summed E-state index contributed by atoms with van der Waals surface area (Å²) >= 11 is 0. The molecule has 1 aliphatic rings. The number of benzene rings is 1. The van der Waals surface area contributed by atoms with Crippen LogP contribution in [0.4, 0.5) is 0 Å². The highest BCUT2D eigenvalue weighted by molar-refractivity contribution is 5.30. The summed E-state index contributed by atoms with van der Waals surface area (Å²) in [5.41, 5.74) is 3.48. The first-order valence-electron chi connectivity index (χ1n) is 7.60. The van der Waals surface area contributed by atoms with Crippen LogP contribution in [0, 0.1) is 13.8 Å². The fraction of sp³-hybridized carbons (Fsp3) is 0.647. The summed E-state index contributed by atoms with van der Waals surface area (Å²) in [6.07, 6.45) is 2.18. The van der Waals surface area contributed by atoms with Crippen LogP contribution in [-0.4, -0.2) is 54.7 Å². The Morgan fingerprint density at radius 3 is 2.50 bits per heavy atom. The first-order chi connectivity index (χ1) is 9.45. The van der Waals surface area contributed by atoms with Gasteiger partial charge in [0.15, 0.2) is 0 Å². The van der Waals surface area contributed by atoms with Gasteiger partial charge in [-0.25, -0.2) is 0 Å². The van der Waals surface area contributed by atoms with Crippen molar-refractivity contribution < 1.29 is 5.11 Å². The van der Waals surface area contributed by atoms with Crippen LogP contribution in [0.3, 0.4) is 0 Å². The fourth-order valence-corrected chi connectivity index (χ4v) is 3.25. The maximum Gasteiger partial charge on any atom is 0.0917 e. The predicted octanol–water partition coefficient (Wildman–Crippen LogP) is 2.36. The van der Waals surface area contributed by atoms with Gasteiger partial charge < -0.3 is 14.9 Å². The molecule has 2 rings (SSSR count). The molecule has 2 atom stereocenters. The van der Waals surface area contributed by atoms with E-state index in [0.29, 0.717) is 12.6 Å². The van der Waals surface area contributed by atoms with E-state index in [1.54, 1.807) is 0 Å². The lowest BCUT2D eigenvalue weighted by molar-refractivity contribution is 0.112. The van der Waals surface area contributed by atoms with E-state index in [1.807, 2.05) is 0 Å². The van der Waals surface area contributed by atoms with Crippen molar-refractivity contribution in [2.45, 2.75) is 38.8 Å². The van der Waals surface area contributed by atoms with Crippen LogP contribution in [0.15, 0.2) is 18.2 Å². The maximum absolute atomic E-state index is 10.4. The van der Waals surface area contributed by atoms with E-state index < -0.39 is 6.10 Å². The lowest BCUT2D eigenvalue weighted by atomic mass is 10.0. The first-order valence-corrected chi connectivity index (χ1v) is 7.60. The quantitative estimate of drug-likeness (QED) is 0.894. The first kappa shape index (κ1) is 15.5. The van der Waals surface area contributed by atoms with E-state index in [1.165, 1.54) is 30.5 Å². The summed E-state index contributed by atoms with van der Waals surface area (Å²) in [7, 11) is 4.31. The van der Waals surface area contributed by atoms with Crippen LogP contribution in [0.25, 0.3) is 0 Å². The Kier molecular flexibility index (Phi) is 5.19. The standard InChI is InChI=1S/C17H28N2O/c1-13-8-14(2)10-15(9-13)17(20)12-18(3)11-16-6-5-7-19(16)4/h8-10,16-17,20H,5-7,11-12H2,1-4H3. The van der Waals surface area contributed by atoms with Crippen molar-refractivity contribution in [2.75, 3.05) is 33.7 Å². The lowest BCUT2D eigenvalue weighted by Gasteiger charge is -2.27. The van der Waals surface area contributed by atoms with Gasteiger partial charge in [0.2, 0.25) is 0 Å². The number of likely N-dealkylation sites (N-methyl/N-ethyl adjacent to an activating group) is 2. The molecular weight excluding hydrogens is 248 g/mol. The number of aryl methyl sites for hydroxylation is 2. The average molecular weight is 276 g/mol. The fourth-order valence-electron chi connectivity index (χ4n) is 3.25. The van der Waals surface area contributed by atoms with Crippen LogP contribution in [0.2, 0.25) is 0 Å². The van der Waals surface area contributed by atoms with Gasteiger partial charge in [0, 0.05) is 19.1 Å². The summed E-state index contributed by atoms with van der Waals surface area (Å²) in [5.74, 6) is 0. The van der Waals surface area contributed by atoms with Gasteiger partial charge in [0.05, 0.1) is 6.10 Å². The van der Waals surface area contributed by atoms with Gasteiger partial charge in [0.25, 0.3) is 0 Å². The molecular formula is C17H28N2O. The molecule has 0 amide bonds. The Morgan fingerprint density at radius 1 is 1.30 bits per heavy atom. The molecule has 1 saturated heterocycles. The van der Waals surface area contributed by atoms with E-state index in [9.17, 15) is 5.11 Å². The molecule has 3 heteroatoms. The predicted molar refractivity (Wildman–Crippen MR) is 84.0 cm³/mol. The highest BCUT2D eigenvalue weighted by Crippen LogP contribution is 2.20. The molecule has 20 heavy (non-hydrogen) atoms. The van der Waals surface area contributed by atoms with Crippen LogP contribution in [-0.2, 0) is 0 Å². The van der Waals surface area contributed by atoms with Crippen molar-refractivity contribution in [3.05, 3.63) is 34.9 Å². The van der Waals surface area contributed by atoms with Gasteiger partial charge in [-0.05, 0) is 52.9 Å². The normalized spacial score (nSPS) is 21.6. The van der Waals surface area contributed by atoms with Crippen molar-refractivity contribution in [1.29, 1.82) is 0 Å². The third kappa shape index (κ3) is 4.05. The number of aliphatic hydroxyl groups excluding tert-OH is 1. The van der Waals surface area contributed by atoms with Gasteiger partial charge >= 0.3 is 0 Å². The molecule has 1 heterocycles. The molecule has 1 fully saturated rings. The third-order valence-electron chi connectivity index (χ3n) is 4.31. The monoisotopic (exact) mass is 276 g/mol. The molecule has 0 aliphatic carbocycles. The molecule has 112 valence electrons. The molecule has 0 bridgehead atoms. The molecule has 2 unspecified atom stereocenters. The van der Waals surface area contributed by atoms with Crippen LogP contribution >= 0.6 is 0 Å². The highest BCUT2D eigenvalue weighted by atomic mass is 16.3. The molecule has 0 radical (unpaired) electrons. The molecule has 1 aromatic rings. The van der Waals surface area contributed by atoms with Crippen LogP contribution in [0.1, 0.15) is 35.6 Å². The van der Waals surface area contributed by atoms with E-state index in [-0.39, 0.29) is 0 Å². The Bertz CT molecular complexity index is 426. The SMILES string of the molecule is Cc1cc(C)cc(C(O)CN(C)CC2CCCN2C)c1. The largest absolute Gasteiger partial charge is 0.387 e. The molecule has 1 N–H and O–H groups in total. The summed E-state index contributed by atoms with van der Waals surface area (Å²) in [6, 6.07) is 6.97. The second-order valence-electron chi connectivity index (χ2n) is 6.43. The summed E-state index contributed by atoms with van der Waals surface area (Å²) in [5, 5.41) is 10.4. The maximum atomic E-state index is 10.4. The van der Waals surface area contributed by atoms with Crippen molar-refractivity contribution in [3.63, 3.8) is 0 Å². The number of rotatable bonds is 5. The minimum absolute atomic E-state index is 0.398. The van der Waals surface area contributed by atoms with Gasteiger partial charge in [-0.2, -0.15) is 0 Å². The molecule has 3 nitrogen and oxygen atoms in total. The van der Waals surface area contributed by atoms with E-state index in [2.05, 4.69) is 55.9 Å². The zero-order valence-corrected chi connectivity index (χ0v) is 13.3. The second kappa shape index (κ2) is 6.70. The summed E-state index contributed by atoms with van der Waals surface area (Å²) in [6.45, 7) is 7.12. The van der Waals surface area contributed by atoms with E-state index in [4.69, 9.17) is 0 Å². The Labute approximate surface area is 123 Å². The zero-order chi connectivity index (χ0) is 14.7. The molecule has 1 aliphatic heterocycles. The number of aliphatic hydroxyl groups is 1.